The highest BCUT2D eigenvalue weighted by Crippen LogP contribution is 2.44. The second kappa shape index (κ2) is 11.8. The van der Waals surface area contributed by atoms with Crippen molar-refractivity contribution in [3.05, 3.63) is 168 Å². The highest BCUT2D eigenvalue weighted by Gasteiger charge is 2.31. The summed E-state index contributed by atoms with van der Waals surface area (Å²) >= 11 is 5.65. The molecule has 1 aliphatic rings. The van der Waals surface area contributed by atoms with Crippen LogP contribution in [-0.2, 0) is 0 Å². The van der Waals surface area contributed by atoms with Crippen molar-refractivity contribution in [3.8, 4) is 11.1 Å². The molecule has 0 bridgehead atoms. The van der Waals surface area contributed by atoms with Crippen LogP contribution in [0.4, 0.5) is 0 Å². The maximum absolute atomic E-state index is 3.99. The molecule has 3 atom stereocenters. The van der Waals surface area contributed by atoms with Gasteiger partial charge >= 0.3 is 0 Å². The Labute approximate surface area is 306 Å². The summed E-state index contributed by atoms with van der Waals surface area (Å²) in [6.45, 7) is 0. The van der Waals surface area contributed by atoms with Gasteiger partial charge < -0.3 is 0 Å². The molecule has 0 amide bonds. The second-order valence-corrected chi connectivity index (χ2v) is 16.6. The van der Waals surface area contributed by atoms with Gasteiger partial charge in [-0.25, -0.2) is 0 Å². The number of fused-ring (bicyclic) bond motifs is 9. The molecule has 1 saturated heterocycles. The van der Waals surface area contributed by atoms with E-state index in [-0.39, 0.29) is 18.5 Å². The molecule has 7 aromatic carbocycles. The Balaban J connectivity index is 1.02. The van der Waals surface area contributed by atoms with Crippen LogP contribution in [0.3, 0.4) is 0 Å². The molecule has 6 heteroatoms. The van der Waals surface area contributed by atoms with Gasteiger partial charge in [-0.1, -0.05) is 115 Å². The first-order valence-corrected chi connectivity index (χ1v) is 19.8. The van der Waals surface area contributed by atoms with Gasteiger partial charge in [0.1, 0.15) is 0 Å². The van der Waals surface area contributed by atoms with Crippen molar-refractivity contribution in [1.82, 2.24) is 16.0 Å². The summed E-state index contributed by atoms with van der Waals surface area (Å²) in [7, 11) is 0. The molecule has 0 radical (unpaired) electrons. The Morgan fingerprint density at radius 3 is 1.76 bits per heavy atom. The van der Waals surface area contributed by atoms with Gasteiger partial charge in [0, 0.05) is 66.1 Å². The van der Waals surface area contributed by atoms with Crippen LogP contribution in [-0.4, -0.2) is 0 Å². The van der Waals surface area contributed by atoms with Crippen molar-refractivity contribution in [2.45, 2.75) is 18.5 Å². The van der Waals surface area contributed by atoms with Gasteiger partial charge in [-0.3, -0.25) is 16.0 Å². The van der Waals surface area contributed by atoms with Crippen molar-refractivity contribution in [2.24, 2.45) is 0 Å². The van der Waals surface area contributed by atoms with Crippen molar-refractivity contribution in [2.75, 3.05) is 0 Å². The van der Waals surface area contributed by atoms with Gasteiger partial charge in [-0.15, -0.1) is 34.0 Å². The van der Waals surface area contributed by atoms with Gasteiger partial charge in [-0.2, -0.15) is 0 Å². The summed E-state index contributed by atoms with van der Waals surface area (Å²) in [4.78, 5) is 0. The lowest BCUT2D eigenvalue weighted by Crippen LogP contribution is -2.54. The molecule has 0 saturated carbocycles. The van der Waals surface area contributed by atoms with Gasteiger partial charge in [-0.05, 0) is 58.7 Å². The molecular formula is C45H31N3S3. The molecule has 1 fully saturated rings. The highest BCUT2D eigenvalue weighted by molar-refractivity contribution is 7.27. The highest BCUT2D eigenvalue weighted by atomic mass is 32.1. The van der Waals surface area contributed by atoms with Crippen LogP contribution in [0.2, 0.25) is 0 Å². The fraction of sp³-hybridized carbons (Fsp3) is 0.0667. The van der Waals surface area contributed by atoms with Crippen molar-refractivity contribution < 1.29 is 0 Å². The van der Waals surface area contributed by atoms with E-state index in [1.165, 1.54) is 88.3 Å². The minimum absolute atomic E-state index is 0.0320. The van der Waals surface area contributed by atoms with E-state index in [1.54, 1.807) is 0 Å². The van der Waals surface area contributed by atoms with Crippen LogP contribution in [0.1, 0.15) is 35.2 Å². The largest absolute Gasteiger partial charge is 0.279 e. The SMILES string of the molecule is c1ccc(C2NC(c3ccc4sc5ccccc5c4c3)NC(c3cccc4c3sc3ccc(-c5cccc6c5sc5ccccc56)cc34)N2)cc1. The first-order chi connectivity index (χ1) is 25.2. The number of benzene rings is 7. The summed E-state index contributed by atoms with van der Waals surface area (Å²) < 4.78 is 7.97. The van der Waals surface area contributed by atoms with Crippen LogP contribution in [0.25, 0.3) is 71.6 Å². The third-order valence-electron chi connectivity index (χ3n) is 10.4. The Morgan fingerprint density at radius 1 is 0.353 bits per heavy atom. The van der Waals surface area contributed by atoms with E-state index < -0.39 is 0 Å². The molecule has 3 aromatic heterocycles. The zero-order chi connectivity index (χ0) is 33.5. The molecule has 3 N–H and O–H groups in total. The Bertz CT molecular complexity index is 2940. The summed E-state index contributed by atoms with van der Waals surface area (Å²) in [5.74, 6) is 0. The quantitative estimate of drug-likeness (QED) is 0.170. The molecule has 51 heavy (non-hydrogen) atoms. The maximum Gasteiger partial charge on any atom is 0.0878 e. The van der Waals surface area contributed by atoms with Crippen molar-refractivity contribution in [3.63, 3.8) is 0 Å². The minimum Gasteiger partial charge on any atom is -0.279 e. The maximum atomic E-state index is 3.99. The first kappa shape index (κ1) is 29.8. The molecule has 10 aromatic rings. The third-order valence-corrected chi connectivity index (χ3v) is 14.0. The molecule has 3 nitrogen and oxygen atoms in total. The van der Waals surface area contributed by atoms with Crippen molar-refractivity contribution in [1.29, 1.82) is 0 Å². The van der Waals surface area contributed by atoms with Gasteiger partial charge in [0.15, 0.2) is 0 Å². The second-order valence-electron chi connectivity index (χ2n) is 13.4. The lowest BCUT2D eigenvalue weighted by Gasteiger charge is -2.39. The molecule has 1 aliphatic heterocycles. The predicted molar refractivity (Wildman–Crippen MR) is 221 cm³/mol. The average molecular weight is 710 g/mol. The average Bonchev–Trinajstić information content (AvgIpc) is 3.89. The van der Waals surface area contributed by atoms with E-state index >= 15 is 0 Å². The number of nitrogens with one attached hydrogen (secondary N) is 3. The number of hydrogen-bond acceptors (Lipinski definition) is 6. The molecule has 11 rings (SSSR count). The zero-order valence-electron chi connectivity index (χ0n) is 27.4. The van der Waals surface area contributed by atoms with Gasteiger partial charge in [0.2, 0.25) is 0 Å². The van der Waals surface area contributed by atoms with E-state index in [1.807, 2.05) is 34.0 Å². The monoisotopic (exact) mass is 709 g/mol. The summed E-state index contributed by atoms with van der Waals surface area (Å²) in [6.07, 6.45) is -0.155. The molecular weight excluding hydrogens is 679 g/mol. The van der Waals surface area contributed by atoms with Crippen LogP contribution >= 0.6 is 34.0 Å². The standard InChI is InChI=1S/C45H31N3S3/c1-2-10-26(11-3-1)43-46-44(28-21-23-39-35(25-28)31-13-5-6-18-37(31)49-39)48-45(47-43)34-17-9-16-33-36-24-27(20-22-40(36)51-42(33)34)29-14-8-15-32-30-12-4-7-19-38(30)50-41(29)32/h1-25,43-48H. The first-order valence-electron chi connectivity index (χ1n) is 17.4. The van der Waals surface area contributed by atoms with Crippen LogP contribution < -0.4 is 16.0 Å². The molecule has 0 aliphatic carbocycles. The fourth-order valence-corrected chi connectivity index (χ4v) is 11.5. The Morgan fingerprint density at radius 2 is 0.922 bits per heavy atom. The summed E-state index contributed by atoms with van der Waals surface area (Å²) in [6, 6.07) is 55.8. The Kier molecular flexibility index (Phi) is 6.90. The van der Waals surface area contributed by atoms with E-state index in [4.69, 9.17) is 0 Å². The number of thiophene rings is 3. The number of rotatable bonds is 4. The third kappa shape index (κ3) is 4.87. The summed E-state index contributed by atoms with van der Waals surface area (Å²) in [5, 5.41) is 19.8. The summed E-state index contributed by atoms with van der Waals surface area (Å²) in [5.41, 5.74) is 6.30. The topological polar surface area (TPSA) is 36.1 Å². The lowest BCUT2D eigenvalue weighted by molar-refractivity contribution is 0.204. The van der Waals surface area contributed by atoms with Gasteiger partial charge in [0.25, 0.3) is 0 Å². The van der Waals surface area contributed by atoms with Crippen molar-refractivity contribution >= 4 is 94.5 Å². The van der Waals surface area contributed by atoms with E-state index in [0.717, 1.165) is 0 Å². The van der Waals surface area contributed by atoms with Crippen LogP contribution in [0.5, 0.6) is 0 Å². The van der Waals surface area contributed by atoms with E-state index in [0.29, 0.717) is 0 Å². The molecule has 3 unspecified atom stereocenters. The van der Waals surface area contributed by atoms with E-state index in [2.05, 4.69) is 168 Å². The van der Waals surface area contributed by atoms with E-state index in [9.17, 15) is 0 Å². The molecule has 4 heterocycles. The molecule has 0 spiro atoms. The van der Waals surface area contributed by atoms with Gasteiger partial charge in [0.05, 0.1) is 18.5 Å². The number of hydrogen-bond donors (Lipinski definition) is 3. The van der Waals surface area contributed by atoms with Crippen LogP contribution in [0, 0.1) is 0 Å². The predicted octanol–water partition coefficient (Wildman–Crippen LogP) is 12.6. The zero-order valence-corrected chi connectivity index (χ0v) is 29.8. The fourth-order valence-electron chi connectivity index (χ4n) is 7.97. The van der Waals surface area contributed by atoms with Crippen LogP contribution in [0.15, 0.2) is 152 Å². The Hall–Kier alpha value is -4.92. The normalized spacial score (nSPS) is 18.2. The lowest BCUT2D eigenvalue weighted by atomic mass is 9.99. The smallest absolute Gasteiger partial charge is 0.0878 e. The minimum atomic E-state index is -0.0695. The molecule has 244 valence electrons.